The molecule has 0 N–H and O–H groups in total. The molecule has 0 saturated heterocycles. The lowest BCUT2D eigenvalue weighted by Crippen LogP contribution is -1.88. The normalized spacial score (nSPS) is 11.5. The molecular formula is C19H21NS. The molecule has 0 radical (unpaired) electrons. The largest absolute Gasteiger partial charge is 0.249 e. The van der Waals surface area contributed by atoms with E-state index in [1.54, 1.807) is 11.8 Å². The van der Waals surface area contributed by atoms with Crippen LogP contribution >= 0.6 is 11.8 Å². The average molecular weight is 295 g/mol. The molecule has 0 bridgehead atoms. The van der Waals surface area contributed by atoms with E-state index in [1.165, 1.54) is 21.6 Å². The molecule has 0 aliphatic carbocycles. The molecule has 2 rings (SSSR count). The van der Waals surface area contributed by atoms with Gasteiger partial charge in [0.05, 0.1) is 0 Å². The Kier molecular flexibility index (Phi) is 5.03. The van der Waals surface area contributed by atoms with Crippen LogP contribution in [-0.4, -0.2) is 4.98 Å². The minimum absolute atomic E-state index is 1.03. The summed E-state index contributed by atoms with van der Waals surface area (Å²) in [5.74, 6) is 0. The molecule has 0 spiro atoms. The van der Waals surface area contributed by atoms with Gasteiger partial charge in [-0.3, -0.25) is 0 Å². The topological polar surface area (TPSA) is 12.9 Å². The Morgan fingerprint density at radius 1 is 1.19 bits per heavy atom. The summed E-state index contributed by atoms with van der Waals surface area (Å²) in [6.07, 6.45) is 4.00. The van der Waals surface area contributed by atoms with Gasteiger partial charge in [-0.1, -0.05) is 47.7 Å². The van der Waals surface area contributed by atoms with Gasteiger partial charge in [0, 0.05) is 16.7 Å². The molecule has 0 aliphatic heterocycles. The predicted octanol–water partition coefficient (Wildman–Crippen LogP) is 5.83. The first-order valence-electron chi connectivity index (χ1n) is 7.01. The Balaban J connectivity index is 2.37. The second-order valence-electron chi connectivity index (χ2n) is 5.38. The minimum atomic E-state index is 1.03. The summed E-state index contributed by atoms with van der Waals surface area (Å²) in [6.45, 7) is 12.4. The molecule has 108 valence electrons. The molecule has 0 atom stereocenters. The highest BCUT2D eigenvalue weighted by Gasteiger charge is 2.07. The van der Waals surface area contributed by atoms with Crippen LogP contribution in [0.4, 0.5) is 0 Å². The van der Waals surface area contributed by atoms with E-state index in [0.29, 0.717) is 0 Å². The molecule has 0 saturated carbocycles. The summed E-state index contributed by atoms with van der Waals surface area (Å²) in [5.41, 5.74) is 5.99. The van der Waals surface area contributed by atoms with Crippen LogP contribution < -0.4 is 0 Å². The molecule has 2 aromatic rings. The van der Waals surface area contributed by atoms with E-state index in [9.17, 15) is 0 Å². The van der Waals surface area contributed by atoms with E-state index in [2.05, 4.69) is 62.7 Å². The number of aromatic nitrogens is 1. The maximum atomic E-state index is 4.54. The van der Waals surface area contributed by atoms with Gasteiger partial charge in [-0.2, -0.15) is 0 Å². The third-order valence-corrected chi connectivity index (χ3v) is 4.60. The van der Waals surface area contributed by atoms with Crippen molar-refractivity contribution in [2.75, 3.05) is 0 Å². The average Bonchev–Trinajstić information content (AvgIpc) is 2.43. The van der Waals surface area contributed by atoms with Crippen molar-refractivity contribution in [3.63, 3.8) is 0 Å². The lowest BCUT2D eigenvalue weighted by molar-refractivity contribution is 1.11. The molecule has 1 aromatic carbocycles. The lowest BCUT2D eigenvalue weighted by atomic mass is 10.1. The first-order chi connectivity index (χ1) is 9.97. The molecule has 0 aliphatic rings. The van der Waals surface area contributed by atoms with Crippen LogP contribution in [0.15, 0.2) is 64.2 Å². The van der Waals surface area contributed by atoms with Gasteiger partial charge in [0.1, 0.15) is 5.03 Å². The number of hydrogen-bond acceptors (Lipinski definition) is 2. The highest BCUT2D eigenvalue weighted by atomic mass is 32.2. The van der Waals surface area contributed by atoms with Crippen molar-refractivity contribution in [2.24, 2.45) is 0 Å². The second kappa shape index (κ2) is 6.77. The maximum Gasteiger partial charge on any atom is 0.108 e. The summed E-state index contributed by atoms with van der Waals surface area (Å²) >= 11 is 1.72. The van der Waals surface area contributed by atoms with Crippen LogP contribution in [0.2, 0.25) is 0 Å². The molecule has 1 heterocycles. The molecule has 21 heavy (non-hydrogen) atoms. The highest BCUT2D eigenvalue weighted by Crippen LogP contribution is 2.32. The summed E-state index contributed by atoms with van der Waals surface area (Å²) < 4.78 is 0. The Morgan fingerprint density at radius 2 is 1.95 bits per heavy atom. The number of allylic oxidation sites excluding steroid dienone is 2. The second-order valence-corrected chi connectivity index (χ2v) is 6.41. The SMILES string of the molecule is C=C(C)/C(C)=C/c1cccnc1Sc1ccc(C)cc1C. The fraction of sp³-hybridized carbons (Fsp3) is 0.211. The molecule has 1 aromatic heterocycles. The van der Waals surface area contributed by atoms with Crippen molar-refractivity contribution < 1.29 is 0 Å². The van der Waals surface area contributed by atoms with Crippen molar-refractivity contribution in [1.82, 2.24) is 4.98 Å². The zero-order chi connectivity index (χ0) is 15.4. The number of hydrogen-bond donors (Lipinski definition) is 0. The van der Waals surface area contributed by atoms with Gasteiger partial charge in [0.2, 0.25) is 0 Å². The van der Waals surface area contributed by atoms with E-state index in [0.717, 1.165) is 16.2 Å². The standard InChI is InChI=1S/C19H21NS/c1-13(2)15(4)12-17-7-6-10-20-19(17)21-18-9-8-14(3)11-16(18)5/h6-12H,1H2,2-5H3/b15-12+. The van der Waals surface area contributed by atoms with Crippen molar-refractivity contribution in [3.05, 3.63) is 70.9 Å². The van der Waals surface area contributed by atoms with Gasteiger partial charge in [-0.05, 0) is 57.0 Å². The number of pyridine rings is 1. The molecule has 2 heteroatoms. The van der Waals surface area contributed by atoms with Crippen LogP contribution in [0.25, 0.3) is 6.08 Å². The Labute approximate surface area is 131 Å². The van der Waals surface area contributed by atoms with Crippen LogP contribution in [0.3, 0.4) is 0 Å². The summed E-state index contributed by atoms with van der Waals surface area (Å²) in [4.78, 5) is 5.79. The first kappa shape index (κ1) is 15.6. The van der Waals surface area contributed by atoms with E-state index < -0.39 is 0 Å². The van der Waals surface area contributed by atoms with Gasteiger partial charge in [0.15, 0.2) is 0 Å². The number of rotatable bonds is 4. The maximum absolute atomic E-state index is 4.54. The van der Waals surface area contributed by atoms with E-state index in [4.69, 9.17) is 0 Å². The Bertz CT molecular complexity index is 698. The highest BCUT2D eigenvalue weighted by molar-refractivity contribution is 7.99. The van der Waals surface area contributed by atoms with Crippen LogP contribution in [0.1, 0.15) is 30.5 Å². The minimum Gasteiger partial charge on any atom is -0.249 e. The zero-order valence-corrected chi connectivity index (χ0v) is 13.9. The summed E-state index contributed by atoms with van der Waals surface area (Å²) in [5, 5.41) is 1.03. The zero-order valence-electron chi connectivity index (χ0n) is 13.1. The number of benzene rings is 1. The Morgan fingerprint density at radius 3 is 2.62 bits per heavy atom. The third-order valence-electron chi connectivity index (χ3n) is 3.38. The predicted molar refractivity (Wildman–Crippen MR) is 92.7 cm³/mol. The van der Waals surface area contributed by atoms with Crippen LogP contribution in [-0.2, 0) is 0 Å². The molecular weight excluding hydrogens is 274 g/mol. The fourth-order valence-corrected chi connectivity index (χ4v) is 2.90. The lowest BCUT2D eigenvalue weighted by Gasteiger charge is -2.09. The van der Waals surface area contributed by atoms with Gasteiger partial charge in [0.25, 0.3) is 0 Å². The third kappa shape index (κ3) is 4.08. The van der Waals surface area contributed by atoms with Gasteiger partial charge < -0.3 is 0 Å². The smallest absolute Gasteiger partial charge is 0.108 e. The van der Waals surface area contributed by atoms with Crippen molar-refractivity contribution in [2.45, 2.75) is 37.6 Å². The van der Waals surface area contributed by atoms with Crippen LogP contribution in [0, 0.1) is 13.8 Å². The quantitative estimate of drug-likeness (QED) is 0.658. The first-order valence-corrected chi connectivity index (χ1v) is 7.83. The fourth-order valence-electron chi connectivity index (χ4n) is 1.97. The summed E-state index contributed by atoms with van der Waals surface area (Å²) in [7, 11) is 0. The van der Waals surface area contributed by atoms with Gasteiger partial charge >= 0.3 is 0 Å². The molecule has 0 unspecified atom stereocenters. The van der Waals surface area contributed by atoms with Gasteiger partial charge in [-0.15, -0.1) is 0 Å². The van der Waals surface area contributed by atoms with Crippen molar-refractivity contribution in [1.29, 1.82) is 0 Å². The van der Waals surface area contributed by atoms with Crippen molar-refractivity contribution in [3.8, 4) is 0 Å². The van der Waals surface area contributed by atoms with E-state index in [1.807, 2.05) is 19.2 Å². The van der Waals surface area contributed by atoms with E-state index >= 15 is 0 Å². The van der Waals surface area contributed by atoms with Gasteiger partial charge in [-0.25, -0.2) is 4.98 Å². The van der Waals surface area contributed by atoms with E-state index in [-0.39, 0.29) is 0 Å². The van der Waals surface area contributed by atoms with Crippen molar-refractivity contribution >= 4 is 17.8 Å². The number of nitrogens with zero attached hydrogens (tertiary/aromatic N) is 1. The molecule has 0 amide bonds. The van der Waals surface area contributed by atoms with Crippen LogP contribution in [0.5, 0.6) is 0 Å². The molecule has 0 fully saturated rings. The summed E-state index contributed by atoms with van der Waals surface area (Å²) in [6, 6.07) is 10.6. The number of aryl methyl sites for hydroxylation is 2. The monoisotopic (exact) mass is 295 g/mol. The Hall–Kier alpha value is -1.80. The molecule has 1 nitrogen and oxygen atoms in total.